The highest BCUT2D eigenvalue weighted by molar-refractivity contribution is 9.09. The van der Waals surface area contributed by atoms with E-state index in [0.717, 1.165) is 35.4 Å². The normalized spacial score (nSPS) is 20.5. The lowest BCUT2D eigenvalue weighted by molar-refractivity contribution is 0.498. The molecule has 78 valence electrons. The molecule has 0 amide bonds. The van der Waals surface area contributed by atoms with Crippen molar-refractivity contribution >= 4 is 37.5 Å². The van der Waals surface area contributed by atoms with E-state index in [1.54, 1.807) is 4.57 Å². The Morgan fingerprint density at radius 2 is 2.47 bits per heavy atom. The van der Waals surface area contributed by atoms with Crippen LogP contribution < -0.4 is 5.56 Å². The van der Waals surface area contributed by atoms with Gasteiger partial charge in [0.1, 0.15) is 10.7 Å². The third-order valence-electron chi connectivity index (χ3n) is 2.73. The van der Waals surface area contributed by atoms with Gasteiger partial charge in [0.05, 0.1) is 10.2 Å². The summed E-state index contributed by atoms with van der Waals surface area (Å²) < 4.78 is 1.80. The van der Waals surface area contributed by atoms with Gasteiger partial charge in [-0.1, -0.05) is 15.9 Å². The number of thiophene rings is 1. The number of hydrogen-bond donors (Lipinski definition) is 0. The zero-order valence-electron chi connectivity index (χ0n) is 7.94. The van der Waals surface area contributed by atoms with Crippen LogP contribution in [-0.4, -0.2) is 9.55 Å². The fourth-order valence-corrected chi connectivity index (χ4v) is 3.41. The van der Waals surface area contributed by atoms with Gasteiger partial charge in [0.25, 0.3) is 5.56 Å². The average molecular weight is 285 g/mol. The van der Waals surface area contributed by atoms with Crippen LogP contribution in [0.3, 0.4) is 0 Å². The van der Waals surface area contributed by atoms with E-state index in [9.17, 15) is 4.79 Å². The second kappa shape index (κ2) is 3.42. The molecule has 3 rings (SSSR count). The van der Waals surface area contributed by atoms with Crippen LogP contribution >= 0.6 is 27.3 Å². The Morgan fingerprint density at radius 3 is 3.33 bits per heavy atom. The van der Waals surface area contributed by atoms with E-state index in [2.05, 4.69) is 20.9 Å². The summed E-state index contributed by atoms with van der Waals surface area (Å²) in [6.45, 7) is 0.801. The van der Waals surface area contributed by atoms with E-state index in [-0.39, 0.29) is 10.4 Å². The molecule has 0 bridgehead atoms. The molecular weight excluding hydrogens is 276 g/mol. The van der Waals surface area contributed by atoms with E-state index < -0.39 is 0 Å². The summed E-state index contributed by atoms with van der Waals surface area (Å²) in [6, 6.07) is 1.86. The molecule has 2 aromatic heterocycles. The monoisotopic (exact) mass is 284 g/mol. The van der Waals surface area contributed by atoms with Crippen LogP contribution in [0.1, 0.15) is 23.5 Å². The first-order valence-electron chi connectivity index (χ1n) is 4.89. The molecular formula is C10H9BrN2OS. The Hall–Kier alpha value is -0.680. The summed E-state index contributed by atoms with van der Waals surface area (Å²) in [5, 5.41) is 2.68. The van der Waals surface area contributed by atoms with E-state index in [4.69, 9.17) is 0 Å². The summed E-state index contributed by atoms with van der Waals surface area (Å²) in [4.78, 5) is 17.7. The predicted molar refractivity (Wildman–Crippen MR) is 64.8 cm³/mol. The van der Waals surface area contributed by atoms with Crippen LogP contribution in [0, 0.1) is 0 Å². The van der Waals surface area contributed by atoms with Gasteiger partial charge in [0.15, 0.2) is 0 Å². The molecule has 2 aromatic rings. The smallest absolute Gasteiger partial charge is 0.262 e. The van der Waals surface area contributed by atoms with Crippen molar-refractivity contribution in [3.63, 3.8) is 0 Å². The lowest BCUT2D eigenvalue weighted by Gasteiger charge is -2.21. The molecule has 0 N–H and O–H groups in total. The van der Waals surface area contributed by atoms with Crippen molar-refractivity contribution in [2.45, 2.75) is 24.2 Å². The van der Waals surface area contributed by atoms with E-state index >= 15 is 0 Å². The van der Waals surface area contributed by atoms with E-state index in [1.165, 1.54) is 11.3 Å². The molecule has 5 heteroatoms. The number of aromatic nitrogens is 2. The van der Waals surface area contributed by atoms with Crippen LogP contribution in [0.4, 0.5) is 0 Å². The highest BCUT2D eigenvalue weighted by Gasteiger charge is 2.21. The summed E-state index contributed by atoms with van der Waals surface area (Å²) >= 11 is 5.11. The molecule has 0 aliphatic carbocycles. The molecule has 15 heavy (non-hydrogen) atoms. The largest absolute Gasteiger partial charge is 0.295 e. The molecule has 1 aliphatic rings. The van der Waals surface area contributed by atoms with E-state index in [1.807, 2.05) is 11.4 Å². The van der Waals surface area contributed by atoms with Gasteiger partial charge in [-0.3, -0.25) is 9.36 Å². The van der Waals surface area contributed by atoms with Crippen molar-refractivity contribution in [1.82, 2.24) is 9.55 Å². The van der Waals surface area contributed by atoms with Gasteiger partial charge in [-0.25, -0.2) is 4.98 Å². The number of nitrogens with zero attached hydrogens (tertiary/aromatic N) is 2. The highest BCUT2D eigenvalue weighted by atomic mass is 79.9. The van der Waals surface area contributed by atoms with Crippen molar-refractivity contribution in [1.29, 1.82) is 0 Å². The highest BCUT2D eigenvalue weighted by Crippen LogP contribution is 2.31. The lowest BCUT2D eigenvalue weighted by atomic mass is 10.1. The summed E-state index contributed by atoms with van der Waals surface area (Å²) in [6.07, 6.45) is 2.10. The second-order valence-electron chi connectivity index (χ2n) is 3.68. The quantitative estimate of drug-likeness (QED) is 0.697. The van der Waals surface area contributed by atoms with Crippen molar-refractivity contribution in [3.8, 4) is 0 Å². The minimum absolute atomic E-state index is 0.111. The first-order chi connectivity index (χ1) is 7.27. The Balaban J connectivity index is 2.41. The number of hydrogen-bond acceptors (Lipinski definition) is 3. The maximum Gasteiger partial charge on any atom is 0.262 e. The number of alkyl halides is 1. The number of rotatable bonds is 0. The van der Waals surface area contributed by atoms with Gasteiger partial charge in [-0.15, -0.1) is 11.3 Å². The molecule has 0 radical (unpaired) electrons. The van der Waals surface area contributed by atoms with Crippen LogP contribution in [-0.2, 0) is 6.54 Å². The molecule has 0 saturated heterocycles. The van der Waals surface area contributed by atoms with Crippen molar-refractivity contribution in [2.24, 2.45) is 0 Å². The van der Waals surface area contributed by atoms with Crippen molar-refractivity contribution in [3.05, 3.63) is 27.6 Å². The van der Waals surface area contributed by atoms with Crippen LogP contribution in [0.5, 0.6) is 0 Å². The maximum atomic E-state index is 12.1. The van der Waals surface area contributed by atoms with Crippen LogP contribution in [0.2, 0.25) is 0 Å². The van der Waals surface area contributed by atoms with Gasteiger partial charge in [-0.05, 0) is 24.3 Å². The fraction of sp³-hybridized carbons (Fsp3) is 0.400. The topological polar surface area (TPSA) is 34.9 Å². The van der Waals surface area contributed by atoms with Crippen molar-refractivity contribution < 1.29 is 0 Å². The summed E-state index contributed by atoms with van der Waals surface area (Å²) in [7, 11) is 0. The van der Waals surface area contributed by atoms with Crippen LogP contribution in [0.15, 0.2) is 16.2 Å². The minimum atomic E-state index is 0.111. The molecule has 0 unspecified atom stereocenters. The Bertz CT molecular complexity index is 574. The Kier molecular flexibility index (Phi) is 2.17. The summed E-state index contributed by atoms with van der Waals surface area (Å²) in [5.74, 6) is 0.890. The Labute approximate surface area is 98.9 Å². The molecule has 0 saturated carbocycles. The third-order valence-corrected chi connectivity index (χ3v) is 4.41. The molecule has 0 aromatic carbocycles. The lowest BCUT2D eigenvalue weighted by Crippen LogP contribution is -2.28. The third kappa shape index (κ3) is 1.37. The van der Waals surface area contributed by atoms with Gasteiger partial charge in [0.2, 0.25) is 0 Å². The molecule has 1 aliphatic heterocycles. The van der Waals surface area contributed by atoms with Gasteiger partial charge >= 0.3 is 0 Å². The molecule has 0 spiro atoms. The molecule has 3 heterocycles. The zero-order chi connectivity index (χ0) is 10.4. The van der Waals surface area contributed by atoms with Gasteiger partial charge < -0.3 is 0 Å². The average Bonchev–Trinajstić information content (AvgIpc) is 2.68. The first-order valence-corrected chi connectivity index (χ1v) is 6.69. The Morgan fingerprint density at radius 1 is 1.60 bits per heavy atom. The van der Waals surface area contributed by atoms with E-state index in [0.29, 0.717) is 0 Å². The van der Waals surface area contributed by atoms with Crippen LogP contribution in [0.25, 0.3) is 10.2 Å². The zero-order valence-corrected chi connectivity index (χ0v) is 10.3. The summed E-state index contributed by atoms with van der Waals surface area (Å²) in [5.41, 5.74) is 0.111. The second-order valence-corrected chi connectivity index (χ2v) is 5.68. The molecule has 1 atom stereocenters. The fourth-order valence-electron chi connectivity index (χ4n) is 1.98. The number of halogens is 1. The molecule has 3 nitrogen and oxygen atoms in total. The standard InChI is InChI=1S/C10H9BrN2OS/c11-7-2-1-4-13-8(7)12-9-6(10(13)14)3-5-15-9/h3,5,7H,1-2,4H2/t7-/m1/s1. The SMILES string of the molecule is O=c1c2ccsc2nc2n1CCC[C@H]2Br. The minimum Gasteiger partial charge on any atom is -0.295 e. The van der Waals surface area contributed by atoms with Crippen molar-refractivity contribution in [2.75, 3.05) is 0 Å². The van der Waals surface area contributed by atoms with Gasteiger partial charge in [0, 0.05) is 6.54 Å². The number of fused-ring (bicyclic) bond motifs is 2. The molecule has 0 fully saturated rings. The maximum absolute atomic E-state index is 12.1. The first kappa shape index (κ1) is 9.54. The van der Waals surface area contributed by atoms with Gasteiger partial charge in [-0.2, -0.15) is 0 Å². The predicted octanol–water partition coefficient (Wildman–Crippen LogP) is 2.69.